The summed E-state index contributed by atoms with van der Waals surface area (Å²) in [7, 11) is 0. The second-order valence-electron chi connectivity index (χ2n) is 4.43. The van der Waals surface area contributed by atoms with Gasteiger partial charge in [-0.3, -0.25) is 0 Å². The van der Waals surface area contributed by atoms with E-state index in [2.05, 4.69) is 25.4 Å². The van der Waals surface area contributed by atoms with E-state index in [1.165, 1.54) is 4.68 Å². The standard InChI is InChI=1S/C10H15N7O/c1-10(2,18)6-12-8-14-7(11)15-9(16-8)17-5-3-4-13-17/h3-5,18H,6H2,1-2H3,(H3,11,12,14,15,16). The summed E-state index contributed by atoms with van der Waals surface area (Å²) in [5.41, 5.74) is 4.73. The number of rotatable bonds is 4. The molecule has 0 atom stereocenters. The van der Waals surface area contributed by atoms with E-state index in [9.17, 15) is 5.11 Å². The summed E-state index contributed by atoms with van der Waals surface area (Å²) in [6.07, 6.45) is 3.32. The second-order valence-corrected chi connectivity index (χ2v) is 4.43. The number of nitrogens with zero attached hydrogens (tertiary/aromatic N) is 5. The van der Waals surface area contributed by atoms with Crippen molar-refractivity contribution in [3.8, 4) is 5.95 Å². The average molecular weight is 249 g/mol. The molecule has 0 saturated carbocycles. The molecule has 0 aliphatic carbocycles. The molecule has 2 heterocycles. The molecular formula is C10H15N7O. The van der Waals surface area contributed by atoms with Gasteiger partial charge in [-0.2, -0.15) is 20.1 Å². The number of hydrogen-bond acceptors (Lipinski definition) is 7. The van der Waals surface area contributed by atoms with E-state index in [1.54, 1.807) is 32.3 Å². The van der Waals surface area contributed by atoms with Crippen molar-refractivity contribution in [1.29, 1.82) is 0 Å². The quantitative estimate of drug-likeness (QED) is 0.688. The number of nitrogens with two attached hydrogens (primary N) is 1. The topological polar surface area (TPSA) is 115 Å². The zero-order valence-electron chi connectivity index (χ0n) is 10.2. The van der Waals surface area contributed by atoms with Gasteiger partial charge in [-0.1, -0.05) is 0 Å². The number of hydrogen-bond donors (Lipinski definition) is 3. The third kappa shape index (κ3) is 3.14. The van der Waals surface area contributed by atoms with Gasteiger partial charge in [0, 0.05) is 18.9 Å². The first-order chi connectivity index (χ1) is 8.44. The smallest absolute Gasteiger partial charge is 0.257 e. The Labute approximate surface area is 104 Å². The molecule has 0 bridgehead atoms. The van der Waals surface area contributed by atoms with Gasteiger partial charge in [0.25, 0.3) is 5.95 Å². The summed E-state index contributed by atoms with van der Waals surface area (Å²) in [6.45, 7) is 3.66. The minimum Gasteiger partial charge on any atom is -0.389 e. The SMILES string of the molecule is CC(C)(O)CNc1nc(N)nc(-n2cccn2)n1. The highest BCUT2D eigenvalue weighted by atomic mass is 16.3. The van der Waals surface area contributed by atoms with Crippen molar-refractivity contribution >= 4 is 11.9 Å². The Morgan fingerprint density at radius 2 is 2.17 bits per heavy atom. The van der Waals surface area contributed by atoms with Crippen LogP contribution >= 0.6 is 0 Å². The van der Waals surface area contributed by atoms with Crippen LogP contribution in [-0.2, 0) is 0 Å². The van der Waals surface area contributed by atoms with Crippen molar-refractivity contribution < 1.29 is 5.11 Å². The van der Waals surface area contributed by atoms with Gasteiger partial charge in [0.15, 0.2) is 0 Å². The fraction of sp³-hybridized carbons (Fsp3) is 0.400. The molecule has 0 fully saturated rings. The van der Waals surface area contributed by atoms with Gasteiger partial charge in [0.1, 0.15) is 0 Å². The van der Waals surface area contributed by atoms with Gasteiger partial charge >= 0.3 is 0 Å². The van der Waals surface area contributed by atoms with Crippen LogP contribution in [0.2, 0.25) is 0 Å². The molecule has 0 saturated heterocycles. The maximum absolute atomic E-state index is 9.62. The van der Waals surface area contributed by atoms with Gasteiger partial charge in [0.2, 0.25) is 11.9 Å². The zero-order chi connectivity index (χ0) is 13.2. The summed E-state index contributed by atoms with van der Waals surface area (Å²) in [4.78, 5) is 12.1. The van der Waals surface area contributed by atoms with Crippen LogP contribution in [0.5, 0.6) is 0 Å². The molecule has 8 heteroatoms. The van der Waals surface area contributed by atoms with Crippen LogP contribution in [0.3, 0.4) is 0 Å². The summed E-state index contributed by atoms with van der Waals surface area (Å²) in [5.74, 6) is 0.717. The Morgan fingerprint density at radius 1 is 1.39 bits per heavy atom. The molecule has 0 spiro atoms. The molecule has 8 nitrogen and oxygen atoms in total. The Bertz CT molecular complexity index is 518. The van der Waals surface area contributed by atoms with Gasteiger partial charge in [-0.15, -0.1) is 0 Å². The molecule has 2 rings (SSSR count). The molecule has 0 aromatic carbocycles. The average Bonchev–Trinajstić information content (AvgIpc) is 2.78. The van der Waals surface area contributed by atoms with Crippen LogP contribution in [-0.4, -0.2) is 42.0 Å². The van der Waals surface area contributed by atoms with Crippen molar-refractivity contribution in [1.82, 2.24) is 24.7 Å². The maximum Gasteiger partial charge on any atom is 0.257 e. The minimum absolute atomic E-state index is 0.0914. The Morgan fingerprint density at radius 3 is 2.78 bits per heavy atom. The highest BCUT2D eigenvalue weighted by molar-refractivity contribution is 5.35. The van der Waals surface area contributed by atoms with E-state index in [0.29, 0.717) is 18.4 Å². The van der Waals surface area contributed by atoms with Crippen molar-refractivity contribution in [2.75, 3.05) is 17.6 Å². The number of anilines is 2. The fourth-order valence-electron chi connectivity index (χ4n) is 1.24. The summed E-state index contributed by atoms with van der Waals surface area (Å²) < 4.78 is 1.48. The lowest BCUT2D eigenvalue weighted by atomic mass is 10.1. The highest BCUT2D eigenvalue weighted by Gasteiger charge is 2.13. The number of nitrogens with one attached hydrogen (secondary N) is 1. The van der Waals surface area contributed by atoms with Gasteiger partial charge in [0.05, 0.1) is 5.60 Å². The predicted octanol–water partition coefficient (Wildman–Crippen LogP) is -0.178. The monoisotopic (exact) mass is 249 g/mol. The molecule has 2 aromatic rings. The molecule has 0 amide bonds. The fourth-order valence-corrected chi connectivity index (χ4v) is 1.24. The molecule has 2 aromatic heterocycles. The van der Waals surface area contributed by atoms with Crippen LogP contribution in [0, 0.1) is 0 Å². The maximum atomic E-state index is 9.62. The lowest BCUT2D eigenvalue weighted by molar-refractivity contribution is 0.0943. The molecule has 0 aliphatic rings. The molecule has 4 N–H and O–H groups in total. The number of aromatic nitrogens is 5. The van der Waals surface area contributed by atoms with Crippen LogP contribution < -0.4 is 11.1 Å². The van der Waals surface area contributed by atoms with Crippen molar-refractivity contribution in [2.45, 2.75) is 19.4 Å². The van der Waals surface area contributed by atoms with Crippen LogP contribution in [0.15, 0.2) is 18.5 Å². The molecular weight excluding hydrogens is 234 g/mol. The third-order valence-electron chi connectivity index (χ3n) is 2.03. The van der Waals surface area contributed by atoms with E-state index >= 15 is 0 Å². The minimum atomic E-state index is -0.868. The van der Waals surface area contributed by atoms with E-state index in [4.69, 9.17) is 5.73 Å². The highest BCUT2D eigenvalue weighted by Crippen LogP contribution is 2.08. The van der Waals surface area contributed by atoms with E-state index in [1.807, 2.05) is 0 Å². The van der Waals surface area contributed by atoms with Gasteiger partial charge in [-0.05, 0) is 19.9 Å². The van der Waals surface area contributed by atoms with Crippen LogP contribution in [0.25, 0.3) is 5.95 Å². The van der Waals surface area contributed by atoms with Crippen molar-refractivity contribution in [3.05, 3.63) is 18.5 Å². The molecule has 0 unspecified atom stereocenters. The third-order valence-corrected chi connectivity index (χ3v) is 2.03. The van der Waals surface area contributed by atoms with Crippen LogP contribution in [0.1, 0.15) is 13.8 Å². The van der Waals surface area contributed by atoms with Crippen molar-refractivity contribution in [2.24, 2.45) is 0 Å². The predicted molar refractivity (Wildman–Crippen MR) is 66.1 cm³/mol. The summed E-state index contributed by atoms with van der Waals surface area (Å²) in [6, 6.07) is 1.75. The number of aliphatic hydroxyl groups is 1. The Hall–Kier alpha value is -2.22. The Balaban J connectivity index is 2.22. The molecule has 0 aliphatic heterocycles. The van der Waals surface area contributed by atoms with E-state index in [-0.39, 0.29) is 5.95 Å². The van der Waals surface area contributed by atoms with Crippen molar-refractivity contribution in [3.63, 3.8) is 0 Å². The normalized spacial score (nSPS) is 11.5. The summed E-state index contributed by atoms with van der Waals surface area (Å²) in [5, 5.41) is 16.5. The van der Waals surface area contributed by atoms with E-state index in [0.717, 1.165) is 0 Å². The lowest BCUT2D eigenvalue weighted by Gasteiger charge is -2.17. The first-order valence-electron chi connectivity index (χ1n) is 5.42. The lowest BCUT2D eigenvalue weighted by Crippen LogP contribution is -2.30. The van der Waals surface area contributed by atoms with E-state index < -0.39 is 5.60 Å². The molecule has 18 heavy (non-hydrogen) atoms. The van der Waals surface area contributed by atoms with Gasteiger partial charge in [-0.25, -0.2) is 4.68 Å². The first-order valence-corrected chi connectivity index (χ1v) is 5.42. The van der Waals surface area contributed by atoms with Gasteiger partial charge < -0.3 is 16.2 Å². The molecule has 0 radical (unpaired) electrons. The number of nitrogen functional groups attached to an aromatic ring is 1. The largest absolute Gasteiger partial charge is 0.389 e. The Kier molecular flexibility index (Phi) is 3.11. The summed E-state index contributed by atoms with van der Waals surface area (Å²) >= 11 is 0. The van der Waals surface area contributed by atoms with Crippen LogP contribution in [0.4, 0.5) is 11.9 Å². The molecule has 96 valence electrons. The zero-order valence-corrected chi connectivity index (χ0v) is 10.2. The first kappa shape index (κ1) is 12.2. The second kappa shape index (κ2) is 4.57.